The number of piperidine rings is 2. The molecule has 4 aliphatic rings. The maximum absolute atomic E-state index is 14.4. The maximum Gasteiger partial charge on any atom is 0.315 e. The van der Waals surface area contributed by atoms with Gasteiger partial charge in [-0.2, -0.15) is 0 Å². The van der Waals surface area contributed by atoms with Crippen molar-refractivity contribution in [2.24, 2.45) is 28.1 Å². The van der Waals surface area contributed by atoms with Gasteiger partial charge in [-0.1, -0.05) is 99.5 Å². The maximum atomic E-state index is 14.4. The Hall–Kier alpha value is -3.77. The van der Waals surface area contributed by atoms with Crippen molar-refractivity contribution in [1.29, 1.82) is 0 Å². The Morgan fingerprint density at radius 3 is 2.08 bits per heavy atom. The number of rotatable bonds is 8. The van der Waals surface area contributed by atoms with Gasteiger partial charge in [0.15, 0.2) is 0 Å². The van der Waals surface area contributed by atoms with Gasteiger partial charge in [0.25, 0.3) is 5.91 Å². The van der Waals surface area contributed by atoms with Crippen LogP contribution < -0.4 is 21.3 Å². The normalized spacial score (nSPS) is 28.9. The highest BCUT2D eigenvalue weighted by Crippen LogP contribution is 2.65. The summed E-state index contributed by atoms with van der Waals surface area (Å²) in [6.07, 6.45) is 8.56. The molecule has 1 aliphatic carbocycles. The van der Waals surface area contributed by atoms with E-state index in [1.54, 1.807) is 4.90 Å². The van der Waals surface area contributed by atoms with Crippen LogP contribution in [-0.2, 0) is 28.8 Å². The fraction of sp³-hybridized carbons (Fsp3) is 0.769. The Labute approximate surface area is 309 Å². The Morgan fingerprint density at radius 2 is 1.50 bits per heavy atom. The van der Waals surface area contributed by atoms with Crippen molar-refractivity contribution in [3.05, 3.63) is 12.7 Å². The van der Waals surface area contributed by atoms with Crippen molar-refractivity contribution >= 4 is 41.4 Å². The van der Waals surface area contributed by atoms with E-state index in [2.05, 4.69) is 41.7 Å². The smallest absolute Gasteiger partial charge is 0.315 e. The number of imide groups is 1. The molecule has 13 heteroatoms. The predicted molar refractivity (Wildman–Crippen MR) is 196 cm³/mol. The minimum absolute atomic E-state index is 0.0155. The van der Waals surface area contributed by atoms with E-state index in [9.17, 15) is 33.6 Å². The minimum Gasteiger partial charge on any atom is -0.346 e. The van der Waals surface area contributed by atoms with Crippen LogP contribution in [0.25, 0.3) is 0 Å². The SMILES string of the molecule is C=CCNC(=O)C(=O)[C@@H]1CCCCCCCCC[C@H](NC(=O)N[C@H](CN2C(=O)CC(C)(C)CC2=O)C(C)(C)C)C(=O)N2C[C@H]3[C@@H]([C@H]2C(=O)N1)C3(C)C. The largest absolute Gasteiger partial charge is 0.346 e. The van der Waals surface area contributed by atoms with Gasteiger partial charge >= 0.3 is 6.03 Å². The summed E-state index contributed by atoms with van der Waals surface area (Å²) in [5.74, 6) is -2.95. The van der Waals surface area contributed by atoms with Gasteiger partial charge in [-0.15, -0.1) is 6.58 Å². The summed E-state index contributed by atoms with van der Waals surface area (Å²) in [5.41, 5.74) is -1.15. The second-order valence-electron chi connectivity index (χ2n) is 17.9. The molecule has 7 amide bonds. The molecule has 290 valence electrons. The van der Waals surface area contributed by atoms with Crippen LogP contribution in [0.15, 0.2) is 12.7 Å². The molecule has 3 saturated heterocycles. The lowest BCUT2D eigenvalue weighted by Gasteiger charge is -2.40. The van der Waals surface area contributed by atoms with E-state index in [1.807, 2.05) is 34.6 Å². The van der Waals surface area contributed by atoms with Crippen molar-refractivity contribution < 1.29 is 33.6 Å². The van der Waals surface area contributed by atoms with Crippen molar-refractivity contribution in [2.75, 3.05) is 19.6 Å². The number of carbonyl (C=O) groups excluding carboxylic acids is 7. The standard InChI is InChI=1S/C39H62N6O7/c1-9-19-40-34(50)32(48)25-17-15-13-11-10-12-14-16-18-26(35(51)45-22-24-30(39(24,7)8)31(45)33(49)41-25)42-36(52)43-27(37(2,3)4)23-44-28(46)20-38(5,6)21-29(44)47/h9,24-27,30-31H,1,10-23H2,2-8H3,(H,40,50)(H,41,49)(H2,42,43,52)/t24-,25-,26-,27+,30-,31-/m0/s1. The summed E-state index contributed by atoms with van der Waals surface area (Å²) in [5, 5.41) is 11.3. The zero-order chi connectivity index (χ0) is 38.6. The highest BCUT2D eigenvalue weighted by molar-refractivity contribution is 6.38. The van der Waals surface area contributed by atoms with Crippen molar-refractivity contribution in [2.45, 2.75) is 143 Å². The second kappa shape index (κ2) is 16.5. The van der Waals surface area contributed by atoms with Crippen molar-refractivity contribution in [3.63, 3.8) is 0 Å². The van der Waals surface area contributed by atoms with Gasteiger partial charge in [-0.3, -0.25) is 33.7 Å². The molecule has 13 nitrogen and oxygen atoms in total. The van der Waals surface area contributed by atoms with Gasteiger partial charge in [0, 0.05) is 32.5 Å². The highest BCUT2D eigenvalue weighted by atomic mass is 16.2. The molecule has 3 aliphatic heterocycles. The Bertz CT molecular complexity index is 1400. The third-order valence-corrected chi connectivity index (χ3v) is 11.7. The van der Waals surface area contributed by atoms with E-state index in [-0.39, 0.29) is 60.9 Å². The summed E-state index contributed by atoms with van der Waals surface area (Å²) in [6.45, 7) is 17.7. The lowest BCUT2D eigenvalue weighted by molar-refractivity contribution is -0.153. The molecule has 0 aromatic heterocycles. The number of carbonyl (C=O) groups is 7. The number of Topliss-reactive ketones (excluding diaryl/α,β-unsaturated/α-hetero) is 1. The first kappa shape index (κ1) is 41.0. The van der Waals surface area contributed by atoms with E-state index in [1.165, 1.54) is 11.0 Å². The molecular weight excluding hydrogens is 664 g/mol. The molecule has 52 heavy (non-hydrogen) atoms. The fourth-order valence-corrected chi connectivity index (χ4v) is 8.28. The van der Waals surface area contributed by atoms with Gasteiger partial charge < -0.3 is 26.2 Å². The Morgan fingerprint density at radius 1 is 0.923 bits per heavy atom. The Kier molecular flexibility index (Phi) is 13.0. The predicted octanol–water partition coefficient (Wildman–Crippen LogP) is 3.61. The number of hydrogen-bond donors (Lipinski definition) is 4. The van der Waals surface area contributed by atoms with Gasteiger partial charge in [0.1, 0.15) is 12.1 Å². The number of amides is 7. The van der Waals surface area contributed by atoms with Gasteiger partial charge in [0.2, 0.25) is 29.4 Å². The van der Waals surface area contributed by atoms with Crippen LogP contribution in [0.4, 0.5) is 4.79 Å². The molecule has 0 bridgehead atoms. The quantitative estimate of drug-likeness (QED) is 0.168. The molecule has 0 unspecified atom stereocenters. The van der Waals surface area contributed by atoms with E-state index in [0.717, 1.165) is 32.1 Å². The lowest BCUT2D eigenvalue weighted by Crippen LogP contribution is -2.61. The monoisotopic (exact) mass is 726 g/mol. The number of nitrogens with zero attached hydrogens (tertiary/aromatic N) is 2. The van der Waals surface area contributed by atoms with Crippen LogP contribution in [0.5, 0.6) is 0 Å². The fourth-order valence-electron chi connectivity index (χ4n) is 8.28. The molecule has 4 N–H and O–H groups in total. The summed E-state index contributed by atoms with van der Waals surface area (Å²) in [7, 11) is 0. The van der Waals surface area contributed by atoms with E-state index in [0.29, 0.717) is 32.2 Å². The number of urea groups is 1. The first-order valence-electron chi connectivity index (χ1n) is 19.2. The van der Waals surface area contributed by atoms with E-state index >= 15 is 0 Å². The zero-order valence-electron chi connectivity index (χ0n) is 32.4. The summed E-state index contributed by atoms with van der Waals surface area (Å²) in [6, 6.07) is -4.00. The Balaban J connectivity index is 1.55. The minimum atomic E-state index is -1.03. The van der Waals surface area contributed by atoms with Crippen molar-refractivity contribution in [1.82, 2.24) is 31.1 Å². The molecular formula is C39H62N6O7. The van der Waals surface area contributed by atoms with Crippen LogP contribution in [-0.4, -0.2) is 95.0 Å². The van der Waals surface area contributed by atoms with Crippen LogP contribution in [0.1, 0.15) is 119 Å². The van der Waals surface area contributed by atoms with Gasteiger partial charge in [0.05, 0.1) is 12.1 Å². The van der Waals surface area contributed by atoms with E-state index in [4.69, 9.17) is 0 Å². The van der Waals surface area contributed by atoms with Crippen LogP contribution in [0.2, 0.25) is 0 Å². The van der Waals surface area contributed by atoms with Crippen molar-refractivity contribution in [3.8, 4) is 0 Å². The molecule has 0 spiro atoms. The number of likely N-dealkylation sites (tertiary alicyclic amines) is 1. The number of fused-ring (bicyclic) bond motifs is 3. The zero-order valence-corrected chi connectivity index (χ0v) is 32.4. The van der Waals surface area contributed by atoms with Crippen LogP contribution in [0, 0.1) is 28.1 Å². The first-order valence-corrected chi connectivity index (χ1v) is 19.2. The summed E-state index contributed by atoms with van der Waals surface area (Å²) < 4.78 is 0. The average Bonchev–Trinajstić information content (AvgIpc) is 3.35. The molecule has 0 radical (unpaired) electrons. The molecule has 6 atom stereocenters. The molecule has 3 heterocycles. The van der Waals surface area contributed by atoms with Gasteiger partial charge in [-0.05, 0) is 40.9 Å². The number of hydrogen-bond acceptors (Lipinski definition) is 7. The first-order chi connectivity index (χ1) is 24.3. The van der Waals surface area contributed by atoms with Crippen LogP contribution >= 0.6 is 0 Å². The molecule has 4 rings (SSSR count). The third kappa shape index (κ3) is 9.80. The lowest BCUT2D eigenvalue weighted by atomic mass is 9.80. The summed E-state index contributed by atoms with van der Waals surface area (Å²) in [4.78, 5) is 97.0. The molecule has 4 fully saturated rings. The third-order valence-electron chi connectivity index (χ3n) is 11.7. The van der Waals surface area contributed by atoms with E-state index < -0.39 is 58.6 Å². The number of ketones is 1. The molecule has 1 saturated carbocycles. The topological polar surface area (TPSA) is 174 Å². The number of nitrogens with one attached hydrogen (secondary N) is 4. The van der Waals surface area contributed by atoms with Gasteiger partial charge in [-0.25, -0.2) is 4.79 Å². The second-order valence-corrected chi connectivity index (χ2v) is 17.9. The highest BCUT2D eigenvalue weighted by Gasteiger charge is 2.69. The molecule has 0 aromatic rings. The summed E-state index contributed by atoms with van der Waals surface area (Å²) >= 11 is 0. The molecule has 0 aromatic carbocycles. The van der Waals surface area contributed by atoms with Crippen LogP contribution in [0.3, 0.4) is 0 Å². The average molecular weight is 727 g/mol.